The standard InChI is InChI=1S/C27H30N2O6/c30-25(28-17-7-5-6-16(12-17)26(31)32)23-13-34-15-24(23)29-27(33)35-14-22-20-10-3-1-8-18(20)19-9-2-4-11-21(19)22/h1-4,8-11,16-17,22-24H,5-7,12-15H2,(H,28,30)(H,29,33)(H,31,32)/t16-,17+,23?,24?/m0/s1. The maximum Gasteiger partial charge on any atom is 0.407 e. The van der Waals surface area contributed by atoms with Crippen LogP contribution >= 0.6 is 0 Å². The highest BCUT2D eigenvalue weighted by Gasteiger charge is 2.38. The fourth-order valence-electron chi connectivity index (χ4n) is 5.60. The Labute approximate surface area is 204 Å². The van der Waals surface area contributed by atoms with Crippen molar-refractivity contribution in [2.24, 2.45) is 11.8 Å². The van der Waals surface area contributed by atoms with E-state index in [1.54, 1.807) is 0 Å². The molecule has 2 aliphatic carbocycles. The topological polar surface area (TPSA) is 114 Å². The molecule has 1 aliphatic heterocycles. The lowest BCUT2D eigenvalue weighted by Crippen LogP contribution is -2.49. The minimum atomic E-state index is -0.817. The number of carboxylic acid groups (broad SMARTS) is 1. The Morgan fingerprint density at radius 3 is 2.31 bits per heavy atom. The number of hydrogen-bond acceptors (Lipinski definition) is 5. The number of alkyl carbamates (subject to hydrolysis) is 1. The van der Waals surface area contributed by atoms with Crippen molar-refractivity contribution in [1.29, 1.82) is 0 Å². The lowest BCUT2D eigenvalue weighted by atomic mass is 9.85. The second kappa shape index (κ2) is 10.1. The summed E-state index contributed by atoms with van der Waals surface area (Å²) >= 11 is 0. The number of fused-ring (bicyclic) bond motifs is 3. The van der Waals surface area contributed by atoms with Gasteiger partial charge in [-0.2, -0.15) is 0 Å². The first-order valence-corrected chi connectivity index (χ1v) is 12.2. The van der Waals surface area contributed by atoms with Crippen molar-refractivity contribution in [3.05, 3.63) is 59.7 Å². The molecule has 1 saturated carbocycles. The highest BCUT2D eigenvalue weighted by molar-refractivity contribution is 5.82. The van der Waals surface area contributed by atoms with E-state index < -0.39 is 29.9 Å². The molecule has 1 saturated heterocycles. The number of nitrogens with one attached hydrogen (secondary N) is 2. The molecule has 1 heterocycles. The molecule has 4 atom stereocenters. The lowest BCUT2D eigenvalue weighted by molar-refractivity contribution is -0.143. The van der Waals surface area contributed by atoms with Gasteiger partial charge in [-0.25, -0.2) is 4.79 Å². The van der Waals surface area contributed by atoms with Gasteiger partial charge in [-0.05, 0) is 41.5 Å². The zero-order valence-electron chi connectivity index (χ0n) is 19.4. The number of ether oxygens (including phenoxy) is 2. The summed E-state index contributed by atoms with van der Waals surface area (Å²) in [5.41, 5.74) is 4.59. The molecule has 2 fully saturated rings. The van der Waals surface area contributed by atoms with Gasteiger partial charge in [0.1, 0.15) is 6.61 Å². The van der Waals surface area contributed by atoms with Crippen LogP contribution in [0.1, 0.15) is 42.7 Å². The van der Waals surface area contributed by atoms with Crippen LogP contribution in [0.15, 0.2) is 48.5 Å². The van der Waals surface area contributed by atoms with Crippen LogP contribution in [0.3, 0.4) is 0 Å². The number of carbonyl (C=O) groups is 3. The quantitative estimate of drug-likeness (QED) is 0.587. The summed E-state index contributed by atoms with van der Waals surface area (Å²) in [6.45, 7) is 0.628. The predicted octanol–water partition coefficient (Wildman–Crippen LogP) is 3.30. The fourth-order valence-corrected chi connectivity index (χ4v) is 5.60. The zero-order chi connectivity index (χ0) is 24.4. The second-order valence-corrected chi connectivity index (χ2v) is 9.63. The molecule has 35 heavy (non-hydrogen) atoms. The maximum atomic E-state index is 12.9. The Hall–Kier alpha value is -3.39. The molecular formula is C27H30N2O6. The summed E-state index contributed by atoms with van der Waals surface area (Å²) in [5.74, 6) is -2.05. The molecule has 2 unspecified atom stereocenters. The summed E-state index contributed by atoms with van der Waals surface area (Å²) < 4.78 is 11.1. The first-order chi connectivity index (χ1) is 17.0. The third-order valence-corrected chi connectivity index (χ3v) is 7.43. The van der Waals surface area contributed by atoms with E-state index in [0.29, 0.717) is 12.8 Å². The smallest absolute Gasteiger partial charge is 0.407 e. The SMILES string of the molecule is O=C(NC1COCC1C(=O)N[C@@H]1CCC[C@H](C(=O)O)C1)OCC1c2ccccc2-c2ccccc21. The Balaban J connectivity index is 1.17. The molecule has 3 aliphatic rings. The van der Waals surface area contributed by atoms with Crippen molar-refractivity contribution in [2.75, 3.05) is 19.8 Å². The third-order valence-electron chi connectivity index (χ3n) is 7.43. The number of aliphatic carboxylic acids is 1. The van der Waals surface area contributed by atoms with Crippen LogP contribution in [0.25, 0.3) is 11.1 Å². The van der Waals surface area contributed by atoms with Crippen LogP contribution in [0.2, 0.25) is 0 Å². The number of benzene rings is 2. The van der Waals surface area contributed by atoms with Crippen LogP contribution in [0.4, 0.5) is 4.79 Å². The minimum absolute atomic E-state index is 0.0412. The van der Waals surface area contributed by atoms with Crippen molar-refractivity contribution in [2.45, 2.75) is 43.7 Å². The zero-order valence-corrected chi connectivity index (χ0v) is 19.4. The molecule has 3 N–H and O–H groups in total. The van der Waals surface area contributed by atoms with E-state index in [4.69, 9.17) is 9.47 Å². The molecule has 8 nitrogen and oxygen atoms in total. The molecule has 0 aromatic heterocycles. The molecule has 2 aromatic carbocycles. The van der Waals surface area contributed by atoms with Gasteiger partial charge in [-0.1, -0.05) is 55.0 Å². The number of hydrogen-bond donors (Lipinski definition) is 3. The molecule has 2 aromatic rings. The van der Waals surface area contributed by atoms with Gasteiger partial charge in [0.05, 0.1) is 31.1 Å². The average molecular weight is 479 g/mol. The Morgan fingerprint density at radius 1 is 0.943 bits per heavy atom. The number of carboxylic acids is 1. The largest absolute Gasteiger partial charge is 0.481 e. The molecular weight excluding hydrogens is 448 g/mol. The Morgan fingerprint density at radius 2 is 1.63 bits per heavy atom. The fraction of sp³-hybridized carbons (Fsp3) is 0.444. The summed E-state index contributed by atoms with van der Waals surface area (Å²) in [6, 6.07) is 15.6. The normalized spacial score (nSPS) is 25.4. The van der Waals surface area contributed by atoms with E-state index in [2.05, 4.69) is 34.9 Å². The first-order valence-electron chi connectivity index (χ1n) is 12.2. The van der Waals surface area contributed by atoms with Crippen LogP contribution in [0, 0.1) is 11.8 Å². The molecule has 0 bridgehead atoms. The molecule has 8 heteroatoms. The van der Waals surface area contributed by atoms with Gasteiger partial charge in [0, 0.05) is 12.0 Å². The van der Waals surface area contributed by atoms with Crippen LogP contribution in [-0.2, 0) is 19.1 Å². The van der Waals surface area contributed by atoms with E-state index in [9.17, 15) is 19.5 Å². The van der Waals surface area contributed by atoms with Gasteiger partial charge in [0.25, 0.3) is 0 Å². The average Bonchev–Trinajstić information content (AvgIpc) is 3.45. The molecule has 2 amide bonds. The highest BCUT2D eigenvalue weighted by atomic mass is 16.5. The van der Waals surface area contributed by atoms with Crippen LogP contribution in [0.5, 0.6) is 0 Å². The van der Waals surface area contributed by atoms with Gasteiger partial charge in [-0.3, -0.25) is 9.59 Å². The van der Waals surface area contributed by atoms with Crippen LogP contribution < -0.4 is 10.6 Å². The monoisotopic (exact) mass is 478 g/mol. The molecule has 0 radical (unpaired) electrons. The molecule has 0 spiro atoms. The van der Waals surface area contributed by atoms with Crippen molar-refractivity contribution >= 4 is 18.0 Å². The van der Waals surface area contributed by atoms with E-state index >= 15 is 0 Å². The van der Waals surface area contributed by atoms with E-state index in [1.807, 2.05) is 24.3 Å². The van der Waals surface area contributed by atoms with Gasteiger partial charge in [0.15, 0.2) is 0 Å². The molecule has 184 valence electrons. The minimum Gasteiger partial charge on any atom is -0.481 e. The third kappa shape index (κ3) is 4.89. The second-order valence-electron chi connectivity index (χ2n) is 9.63. The maximum absolute atomic E-state index is 12.9. The Bertz CT molecular complexity index is 1070. The number of rotatable bonds is 6. The summed E-state index contributed by atoms with van der Waals surface area (Å²) in [5, 5.41) is 15.1. The first kappa shape index (κ1) is 23.4. The summed E-state index contributed by atoms with van der Waals surface area (Å²) in [4.78, 5) is 36.9. The van der Waals surface area contributed by atoms with Gasteiger partial charge in [0.2, 0.25) is 5.91 Å². The number of amides is 2. The number of carbonyl (C=O) groups excluding carboxylic acids is 2. The van der Waals surface area contributed by atoms with Gasteiger partial charge in [-0.15, -0.1) is 0 Å². The van der Waals surface area contributed by atoms with Crippen LogP contribution in [-0.4, -0.2) is 55.0 Å². The van der Waals surface area contributed by atoms with Gasteiger partial charge < -0.3 is 25.2 Å². The van der Waals surface area contributed by atoms with E-state index in [0.717, 1.165) is 35.1 Å². The van der Waals surface area contributed by atoms with E-state index in [1.165, 1.54) is 0 Å². The highest BCUT2D eigenvalue weighted by Crippen LogP contribution is 2.44. The van der Waals surface area contributed by atoms with Crippen molar-refractivity contribution in [3.8, 4) is 11.1 Å². The Kier molecular flexibility index (Phi) is 6.72. The predicted molar refractivity (Wildman–Crippen MR) is 128 cm³/mol. The lowest BCUT2D eigenvalue weighted by Gasteiger charge is -2.29. The summed E-state index contributed by atoms with van der Waals surface area (Å²) in [7, 11) is 0. The van der Waals surface area contributed by atoms with Crippen molar-refractivity contribution in [3.63, 3.8) is 0 Å². The van der Waals surface area contributed by atoms with E-state index in [-0.39, 0.29) is 37.7 Å². The van der Waals surface area contributed by atoms with Crippen molar-refractivity contribution in [1.82, 2.24) is 10.6 Å². The van der Waals surface area contributed by atoms with Gasteiger partial charge >= 0.3 is 12.1 Å². The summed E-state index contributed by atoms with van der Waals surface area (Å²) in [6.07, 6.45) is 2.01. The molecule has 5 rings (SSSR count). The van der Waals surface area contributed by atoms with Crippen molar-refractivity contribution < 1.29 is 29.0 Å².